The predicted octanol–water partition coefficient (Wildman–Crippen LogP) is 2.07. The van der Waals surface area contributed by atoms with Crippen LogP contribution in [-0.2, 0) is 4.79 Å². The first-order chi connectivity index (χ1) is 11.5. The fraction of sp³-hybridized carbons (Fsp3) is 0.333. The van der Waals surface area contributed by atoms with Gasteiger partial charge in [-0.25, -0.2) is 0 Å². The zero-order valence-corrected chi connectivity index (χ0v) is 13.2. The van der Waals surface area contributed by atoms with Crippen LogP contribution in [0.3, 0.4) is 0 Å². The van der Waals surface area contributed by atoms with Crippen molar-refractivity contribution >= 4 is 17.3 Å². The number of aryl methyl sites for hydroxylation is 1. The summed E-state index contributed by atoms with van der Waals surface area (Å²) in [7, 11) is 0. The van der Waals surface area contributed by atoms with Gasteiger partial charge in [0.1, 0.15) is 31.1 Å². The third-order valence-corrected chi connectivity index (χ3v) is 3.67. The molecular weight excluding hydrogens is 316 g/mol. The van der Waals surface area contributed by atoms with Gasteiger partial charge in [-0.2, -0.15) is 5.10 Å². The summed E-state index contributed by atoms with van der Waals surface area (Å²) in [6.07, 6.45) is 1.25. The number of nitrogens with zero attached hydrogens (tertiary/aromatic N) is 3. The van der Waals surface area contributed by atoms with E-state index < -0.39 is 11.0 Å². The molecule has 24 heavy (non-hydrogen) atoms. The number of benzene rings is 1. The van der Waals surface area contributed by atoms with Crippen LogP contribution in [0.5, 0.6) is 11.5 Å². The smallest absolute Gasteiger partial charge is 0.309 e. The summed E-state index contributed by atoms with van der Waals surface area (Å²) >= 11 is 0. The second-order valence-electron chi connectivity index (χ2n) is 5.36. The quantitative estimate of drug-likeness (QED) is 0.678. The van der Waals surface area contributed by atoms with E-state index in [1.807, 2.05) is 0 Å². The van der Waals surface area contributed by atoms with Crippen LogP contribution in [-0.4, -0.2) is 33.8 Å². The van der Waals surface area contributed by atoms with Gasteiger partial charge in [-0.1, -0.05) is 0 Å². The number of amides is 1. The van der Waals surface area contributed by atoms with Crippen molar-refractivity contribution in [2.24, 2.45) is 0 Å². The molecule has 1 N–H and O–H groups in total. The van der Waals surface area contributed by atoms with Crippen LogP contribution in [0, 0.1) is 17.0 Å². The summed E-state index contributed by atoms with van der Waals surface area (Å²) in [5, 5.41) is 17.7. The molecule has 1 aliphatic rings. The molecule has 9 heteroatoms. The molecule has 0 aliphatic carbocycles. The number of nitrogens with one attached hydrogen (secondary N) is 1. The second kappa shape index (κ2) is 6.19. The summed E-state index contributed by atoms with van der Waals surface area (Å²) in [5.74, 6) is 0.854. The monoisotopic (exact) mass is 332 g/mol. The normalized spacial score (nSPS) is 14.1. The topological polar surface area (TPSA) is 109 Å². The van der Waals surface area contributed by atoms with Crippen LogP contribution in [0.4, 0.5) is 11.4 Å². The molecule has 0 bridgehead atoms. The molecule has 1 aliphatic heterocycles. The number of carbonyl (C=O) groups is 1. The predicted molar refractivity (Wildman–Crippen MR) is 84.4 cm³/mol. The van der Waals surface area contributed by atoms with Crippen LogP contribution in [0.15, 0.2) is 24.4 Å². The zero-order chi connectivity index (χ0) is 17.3. The lowest BCUT2D eigenvalue weighted by Gasteiger charge is -2.19. The Morgan fingerprint density at radius 3 is 2.75 bits per heavy atom. The fourth-order valence-electron chi connectivity index (χ4n) is 2.34. The summed E-state index contributed by atoms with van der Waals surface area (Å²) in [6.45, 7) is 4.09. The lowest BCUT2D eigenvalue weighted by molar-refractivity contribution is -0.385. The van der Waals surface area contributed by atoms with E-state index in [1.54, 1.807) is 25.1 Å². The SMILES string of the molecule is Cc1nn(C(C)C(=O)Nc2ccc3c(c2)OCCO3)cc1[N+](=O)[O-]. The number of nitro groups is 1. The van der Waals surface area contributed by atoms with Gasteiger partial charge in [0.15, 0.2) is 11.5 Å². The number of anilines is 1. The number of hydrogen-bond donors (Lipinski definition) is 1. The van der Waals surface area contributed by atoms with E-state index in [2.05, 4.69) is 10.4 Å². The molecule has 2 aromatic rings. The average Bonchev–Trinajstić information content (AvgIpc) is 2.96. The number of hydrogen-bond acceptors (Lipinski definition) is 6. The highest BCUT2D eigenvalue weighted by Crippen LogP contribution is 2.32. The van der Waals surface area contributed by atoms with Gasteiger partial charge in [-0.3, -0.25) is 19.6 Å². The Balaban J connectivity index is 1.74. The summed E-state index contributed by atoms with van der Waals surface area (Å²) in [6, 6.07) is 4.40. The van der Waals surface area contributed by atoms with E-state index >= 15 is 0 Å². The minimum atomic E-state index is -0.703. The van der Waals surface area contributed by atoms with Crippen molar-refractivity contribution in [2.75, 3.05) is 18.5 Å². The molecule has 0 radical (unpaired) electrons. The lowest BCUT2D eigenvalue weighted by Crippen LogP contribution is -2.24. The first kappa shape index (κ1) is 15.8. The summed E-state index contributed by atoms with van der Waals surface area (Å²) in [4.78, 5) is 22.7. The van der Waals surface area contributed by atoms with E-state index in [1.165, 1.54) is 17.8 Å². The Kier molecular flexibility index (Phi) is 4.07. The molecule has 0 spiro atoms. The number of carbonyl (C=O) groups excluding carboxylic acids is 1. The van der Waals surface area contributed by atoms with Gasteiger partial charge < -0.3 is 14.8 Å². The Labute approximate surface area is 137 Å². The van der Waals surface area contributed by atoms with Crippen LogP contribution < -0.4 is 14.8 Å². The number of rotatable bonds is 4. The van der Waals surface area contributed by atoms with Crippen LogP contribution >= 0.6 is 0 Å². The molecule has 3 rings (SSSR count). The first-order valence-electron chi connectivity index (χ1n) is 7.36. The Hall–Kier alpha value is -3.10. The summed E-state index contributed by atoms with van der Waals surface area (Å²) in [5.41, 5.74) is 0.697. The molecular formula is C15H16N4O5. The molecule has 1 aromatic carbocycles. The minimum Gasteiger partial charge on any atom is -0.486 e. The van der Waals surface area contributed by atoms with Crippen molar-refractivity contribution in [3.8, 4) is 11.5 Å². The van der Waals surface area contributed by atoms with Gasteiger partial charge in [0.25, 0.3) is 0 Å². The van der Waals surface area contributed by atoms with Gasteiger partial charge in [-0.15, -0.1) is 0 Å². The third kappa shape index (κ3) is 3.00. The van der Waals surface area contributed by atoms with E-state index in [0.29, 0.717) is 30.4 Å². The van der Waals surface area contributed by atoms with Crippen molar-refractivity contribution in [1.29, 1.82) is 0 Å². The standard InChI is InChI=1S/C15H16N4O5/c1-9-12(19(21)22)8-18(17-9)10(2)15(20)16-11-3-4-13-14(7-11)24-6-5-23-13/h3-4,7-8,10H,5-6H2,1-2H3,(H,16,20). The van der Waals surface area contributed by atoms with Crippen molar-refractivity contribution < 1.29 is 19.2 Å². The van der Waals surface area contributed by atoms with Crippen molar-refractivity contribution in [1.82, 2.24) is 9.78 Å². The van der Waals surface area contributed by atoms with Gasteiger partial charge in [0, 0.05) is 11.8 Å². The van der Waals surface area contributed by atoms with E-state index in [4.69, 9.17) is 9.47 Å². The minimum absolute atomic E-state index is 0.117. The lowest BCUT2D eigenvalue weighted by atomic mass is 10.2. The largest absolute Gasteiger partial charge is 0.486 e. The Bertz CT molecular complexity index is 801. The average molecular weight is 332 g/mol. The molecule has 1 atom stereocenters. The molecule has 1 aromatic heterocycles. The van der Waals surface area contributed by atoms with Gasteiger partial charge >= 0.3 is 5.69 Å². The Morgan fingerprint density at radius 1 is 1.38 bits per heavy atom. The van der Waals surface area contributed by atoms with Crippen LogP contribution in [0.2, 0.25) is 0 Å². The maximum atomic E-state index is 12.4. The first-order valence-corrected chi connectivity index (χ1v) is 7.36. The fourth-order valence-corrected chi connectivity index (χ4v) is 2.34. The maximum Gasteiger partial charge on any atom is 0.309 e. The van der Waals surface area contributed by atoms with Gasteiger partial charge in [0.05, 0.1) is 4.92 Å². The van der Waals surface area contributed by atoms with Crippen LogP contribution in [0.25, 0.3) is 0 Å². The van der Waals surface area contributed by atoms with E-state index in [-0.39, 0.29) is 17.3 Å². The Morgan fingerprint density at radius 2 is 2.08 bits per heavy atom. The van der Waals surface area contributed by atoms with Gasteiger partial charge in [-0.05, 0) is 26.0 Å². The molecule has 2 heterocycles. The summed E-state index contributed by atoms with van der Waals surface area (Å²) < 4.78 is 12.2. The highest BCUT2D eigenvalue weighted by molar-refractivity contribution is 5.93. The molecule has 1 unspecified atom stereocenters. The molecule has 9 nitrogen and oxygen atoms in total. The molecule has 126 valence electrons. The molecule has 0 fully saturated rings. The molecule has 1 amide bonds. The van der Waals surface area contributed by atoms with Crippen molar-refractivity contribution in [3.63, 3.8) is 0 Å². The van der Waals surface area contributed by atoms with Crippen LogP contribution in [0.1, 0.15) is 18.7 Å². The second-order valence-corrected chi connectivity index (χ2v) is 5.36. The van der Waals surface area contributed by atoms with Gasteiger partial charge in [0.2, 0.25) is 5.91 Å². The number of ether oxygens (including phenoxy) is 2. The zero-order valence-electron chi connectivity index (χ0n) is 13.2. The van der Waals surface area contributed by atoms with Crippen molar-refractivity contribution in [2.45, 2.75) is 19.9 Å². The highest BCUT2D eigenvalue weighted by Gasteiger charge is 2.22. The molecule has 0 saturated heterocycles. The van der Waals surface area contributed by atoms with E-state index in [0.717, 1.165) is 0 Å². The number of aromatic nitrogens is 2. The third-order valence-electron chi connectivity index (χ3n) is 3.67. The van der Waals surface area contributed by atoms with E-state index in [9.17, 15) is 14.9 Å². The van der Waals surface area contributed by atoms with Crippen molar-refractivity contribution in [3.05, 3.63) is 40.2 Å². The maximum absolute atomic E-state index is 12.4. The molecule has 0 saturated carbocycles. The highest BCUT2D eigenvalue weighted by atomic mass is 16.6. The number of fused-ring (bicyclic) bond motifs is 1.